The third kappa shape index (κ3) is 5.45. The molecule has 0 atom stereocenters. The fraction of sp³-hybridized carbons (Fsp3) is 0.529. The van der Waals surface area contributed by atoms with Gasteiger partial charge >= 0.3 is 0 Å². The van der Waals surface area contributed by atoms with Gasteiger partial charge in [-0.1, -0.05) is 20.8 Å². The number of aliphatic imine (C=N–C) groups is 1. The number of nitrogens with two attached hydrogens (primary N) is 2. The summed E-state index contributed by atoms with van der Waals surface area (Å²) in [7, 11) is -3.53. The van der Waals surface area contributed by atoms with Crippen molar-refractivity contribution in [3.63, 3.8) is 0 Å². The van der Waals surface area contributed by atoms with E-state index in [2.05, 4.69) is 4.99 Å². The molecule has 0 spiro atoms. The third-order valence-electron chi connectivity index (χ3n) is 3.75. The molecule has 0 bridgehead atoms. The van der Waals surface area contributed by atoms with Crippen molar-refractivity contribution in [2.45, 2.75) is 44.9 Å². The number of hydrogen-bond acceptors (Lipinski definition) is 4. The van der Waals surface area contributed by atoms with Gasteiger partial charge in [0.2, 0.25) is 0 Å². The van der Waals surface area contributed by atoms with E-state index < -0.39 is 15.7 Å². The maximum atomic E-state index is 12.3. The number of carbonyl (C=O) groups is 1. The van der Waals surface area contributed by atoms with Gasteiger partial charge in [0.1, 0.15) is 0 Å². The maximum Gasteiger partial charge on any atom is 0.280 e. The predicted octanol–water partition coefficient (Wildman–Crippen LogP) is 1.69. The van der Waals surface area contributed by atoms with Crippen molar-refractivity contribution in [2.75, 3.05) is 24.2 Å². The second-order valence-electron chi connectivity index (χ2n) is 5.93. The van der Waals surface area contributed by atoms with E-state index in [9.17, 15) is 13.2 Å². The number of benzene rings is 1. The summed E-state index contributed by atoms with van der Waals surface area (Å²) in [5.41, 5.74) is 12.1. The van der Waals surface area contributed by atoms with E-state index in [-0.39, 0.29) is 16.4 Å². The molecule has 25 heavy (non-hydrogen) atoms. The molecule has 8 heteroatoms. The Balaban J connectivity index is 3.68. The van der Waals surface area contributed by atoms with E-state index in [1.165, 1.54) is 6.07 Å². The summed E-state index contributed by atoms with van der Waals surface area (Å²) in [6.45, 7) is 7.46. The molecular formula is C17H28N4O3S. The van der Waals surface area contributed by atoms with Crippen LogP contribution in [0.25, 0.3) is 0 Å². The number of sulfone groups is 1. The van der Waals surface area contributed by atoms with Crippen molar-refractivity contribution >= 4 is 27.4 Å². The maximum absolute atomic E-state index is 12.3. The van der Waals surface area contributed by atoms with Gasteiger partial charge in [-0.2, -0.15) is 4.99 Å². The SMILES string of the molecule is CCCN(CCC)c1cc(CC)c(C(=O)N=C(N)N)cc1S(C)(=O)=O. The molecule has 4 N–H and O–H groups in total. The summed E-state index contributed by atoms with van der Waals surface area (Å²) in [4.78, 5) is 18.0. The molecular weight excluding hydrogens is 340 g/mol. The van der Waals surface area contributed by atoms with Crippen LogP contribution in [0.1, 0.15) is 49.5 Å². The molecule has 0 radical (unpaired) electrons. The monoisotopic (exact) mass is 368 g/mol. The number of hydrogen-bond donors (Lipinski definition) is 2. The normalized spacial score (nSPS) is 11.2. The van der Waals surface area contributed by atoms with E-state index in [1.807, 2.05) is 25.7 Å². The Kier molecular flexibility index (Phi) is 7.41. The molecule has 0 unspecified atom stereocenters. The minimum Gasteiger partial charge on any atom is -0.370 e. The summed E-state index contributed by atoms with van der Waals surface area (Å²) in [5, 5.41) is 0. The second-order valence-corrected chi connectivity index (χ2v) is 7.92. The first-order chi connectivity index (χ1) is 11.6. The Morgan fingerprint density at radius 3 is 2.08 bits per heavy atom. The number of guanidine groups is 1. The fourth-order valence-corrected chi connectivity index (χ4v) is 3.62. The molecule has 0 fully saturated rings. The minimum atomic E-state index is -3.53. The molecule has 0 aliphatic carbocycles. The largest absolute Gasteiger partial charge is 0.370 e. The Morgan fingerprint density at radius 1 is 1.12 bits per heavy atom. The number of anilines is 1. The van der Waals surface area contributed by atoms with Crippen LogP contribution in [0.15, 0.2) is 22.0 Å². The molecule has 0 aliphatic rings. The van der Waals surface area contributed by atoms with E-state index >= 15 is 0 Å². The highest BCUT2D eigenvalue weighted by Gasteiger charge is 2.23. The molecule has 0 saturated heterocycles. The van der Waals surface area contributed by atoms with Crippen LogP contribution in [-0.2, 0) is 16.3 Å². The van der Waals surface area contributed by atoms with Gasteiger partial charge in [-0.25, -0.2) is 8.42 Å². The summed E-state index contributed by atoms with van der Waals surface area (Å²) < 4.78 is 24.7. The van der Waals surface area contributed by atoms with Crippen LogP contribution < -0.4 is 16.4 Å². The van der Waals surface area contributed by atoms with Gasteiger partial charge in [0, 0.05) is 24.9 Å². The lowest BCUT2D eigenvalue weighted by Gasteiger charge is -2.27. The van der Waals surface area contributed by atoms with Crippen LogP contribution in [0.5, 0.6) is 0 Å². The molecule has 1 amide bonds. The topological polar surface area (TPSA) is 119 Å². The Labute approximate surface area is 150 Å². The number of aryl methyl sites for hydroxylation is 1. The summed E-state index contributed by atoms with van der Waals surface area (Å²) in [6.07, 6.45) is 3.48. The van der Waals surface area contributed by atoms with Gasteiger partial charge in [0.25, 0.3) is 5.91 Å². The van der Waals surface area contributed by atoms with E-state index in [4.69, 9.17) is 11.5 Å². The number of carbonyl (C=O) groups excluding carboxylic acids is 1. The van der Waals surface area contributed by atoms with E-state index in [0.29, 0.717) is 12.1 Å². The van der Waals surface area contributed by atoms with Crippen LogP contribution in [0, 0.1) is 0 Å². The molecule has 0 heterocycles. The number of nitrogens with zero attached hydrogens (tertiary/aromatic N) is 2. The summed E-state index contributed by atoms with van der Waals surface area (Å²) >= 11 is 0. The zero-order valence-corrected chi connectivity index (χ0v) is 16.2. The third-order valence-corrected chi connectivity index (χ3v) is 4.88. The highest BCUT2D eigenvalue weighted by Crippen LogP contribution is 2.30. The van der Waals surface area contributed by atoms with Crippen molar-refractivity contribution in [1.29, 1.82) is 0 Å². The van der Waals surface area contributed by atoms with Crippen molar-refractivity contribution < 1.29 is 13.2 Å². The van der Waals surface area contributed by atoms with Crippen molar-refractivity contribution in [3.8, 4) is 0 Å². The van der Waals surface area contributed by atoms with Gasteiger partial charge in [-0.3, -0.25) is 4.79 Å². The average molecular weight is 369 g/mol. The van der Waals surface area contributed by atoms with E-state index in [0.717, 1.165) is 37.8 Å². The molecule has 1 aromatic rings. The molecule has 140 valence electrons. The highest BCUT2D eigenvalue weighted by molar-refractivity contribution is 7.90. The quantitative estimate of drug-likeness (QED) is 0.532. The van der Waals surface area contributed by atoms with Crippen LogP contribution in [-0.4, -0.2) is 39.6 Å². The van der Waals surface area contributed by atoms with E-state index in [1.54, 1.807) is 6.07 Å². The molecule has 7 nitrogen and oxygen atoms in total. The van der Waals surface area contributed by atoms with Crippen molar-refractivity contribution in [3.05, 3.63) is 23.3 Å². The first-order valence-corrected chi connectivity index (χ1v) is 10.3. The smallest absolute Gasteiger partial charge is 0.280 e. The molecule has 0 saturated carbocycles. The Bertz CT molecular complexity index is 747. The molecule has 0 aromatic heterocycles. The fourth-order valence-electron chi connectivity index (χ4n) is 2.72. The zero-order chi connectivity index (χ0) is 19.2. The number of amides is 1. The summed E-state index contributed by atoms with van der Waals surface area (Å²) in [5.74, 6) is -0.985. The first kappa shape index (κ1) is 21.0. The van der Waals surface area contributed by atoms with Gasteiger partial charge in [-0.05, 0) is 37.0 Å². The van der Waals surface area contributed by atoms with Crippen molar-refractivity contribution in [2.24, 2.45) is 16.5 Å². The van der Waals surface area contributed by atoms with Gasteiger partial charge in [0.15, 0.2) is 15.8 Å². The zero-order valence-electron chi connectivity index (χ0n) is 15.4. The van der Waals surface area contributed by atoms with Crippen LogP contribution in [0.4, 0.5) is 5.69 Å². The standard InChI is InChI=1S/C17H28N4O3S/c1-5-8-21(9-6-2)14-10-12(7-3)13(16(22)20-17(18)19)11-15(14)25(4,23)24/h10-11H,5-9H2,1-4H3,(H4,18,19,20,22). The van der Waals surface area contributed by atoms with Crippen LogP contribution in [0.2, 0.25) is 0 Å². The van der Waals surface area contributed by atoms with Gasteiger partial charge in [-0.15, -0.1) is 0 Å². The lowest BCUT2D eigenvalue weighted by molar-refractivity contribution is 0.100. The van der Waals surface area contributed by atoms with Crippen LogP contribution >= 0.6 is 0 Å². The lowest BCUT2D eigenvalue weighted by Crippen LogP contribution is -2.27. The predicted molar refractivity (Wildman–Crippen MR) is 102 cm³/mol. The second kappa shape index (κ2) is 8.84. The summed E-state index contributed by atoms with van der Waals surface area (Å²) in [6, 6.07) is 3.17. The highest BCUT2D eigenvalue weighted by atomic mass is 32.2. The van der Waals surface area contributed by atoms with Crippen molar-refractivity contribution in [1.82, 2.24) is 0 Å². The Morgan fingerprint density at radius 2 is 1.68 bits per heavy atom. The van der Waals surface area contributed by atoms with Gasteiger partial charge < -0.3 is 16.4 Å². The number of rotatable bonds is 8. The van der Waals surface area contributed by atoms with Gasteiger partial charge in [0.05, 0.1) is 10.6 Å². The average Bonchev–Trinajstić information content (AvgIpc) is 2.51. The van der Waals surface area contributed by atoms with Crippen LogP contribution in [0.3, 0.4) is 0 Å². The molecule has 1 rings (SSSR count). The lowest BCUT2D eigenvalue weighted by atomic mass is 10.0. The minimum absolute atomic E-state index is 0.126. The molecule has 1 aromatic carbocycles. The Hall–Kier alpha value is -2.09. The molecule has 0 aliphatic heterocycles. The first-order valence-electron chi connectivity index (χ1n) is 8.41.